The molecule has 0 aliphatic carbocycles. The van der Waals surface area contributed by atoms with Crippen LogP contribution >= 0.6 is 0 Å². The van der Waals surface area contributed by atoms with Gasteiger partial charge in [0.15, 0.2) is 6.61 Å². The Morgan fingerprint density at radius 2 is 1.35 bits per heavy atom. The number of aliphatic hydroxyl groups excluding tert-OH is 1. The highest BCUT2D eigenvalue weighted by atomic mass is 32.2. The van der Waals surface area contributed by atoms with Crippen molar-refractivity contribution in [3.05, 3.63) is 143 Å². The molecule has 55 heavy (non-hydrogen) atoms. The lowest BCUT2D eigenvalue weighted by atomic mass is 9.93. The summed E-state index contributed by atoms with van der Waals surface area (Å²) in [4.78, 5) is 27.4. The van der Waals surface area contributed by atoms with Gasteiger partial charge in [-0.2, -0.15) is 9.82 Å². The Balaban J connectivity index is 1.35. The van der Waals surface area contributed by atoms with E-state index in [0.717, 1.165) is 22.3 Å². The molecule has 4 N–H and O–H groups in total. The number of nitrogens with one attached hydrogen (secondary N) is 3. The third-order valence-corrected chi connectivity index (χ3v) is 11.1. The molecular formula is C43H51N5O6S. The molecule has 2 amide bonds. The number of aryl methyl sites for hydroxylation is 2. The molecule has 0 fully saturated rings. The molecule has 0 unspecified atom stereocenters. The lowest BCUT2D eigenvalue weighted by molar-refractivity contribution is -0.126. The normalized spacial score (nSPS) is 13.8. The number of ether oxygens (including phenoxy) is 1. The first-order valence-corrected chi connectivity index (χ1v) is 20.0. The van der Waals surface area contributed by atoms with Crippen molar-refractivity contribution in [1.29, 1.82) is 0 Å². The maximum Gasteiger partial charge on any atom is 0.258 e. The number of amides is 2. The number of rotatable bonds is 18. The molecule has 0 saturated heterocycles. The van der Waals surface area contributed by atoms with Crippen molar-refractivity contribution < 1.29 is 27.9 Å². The van der Waals surface area contributed by atoms with Gasteiger partial charge in [-0.15, -0.1) is 0 Å². The Labute approximate surface area is 324 Å². The van der Waals surface area contributed by atoms with Crippen molar-refractivity contribution in [3.8, 4) is 11.4 Å². The highest BCUT2D eigenvalue weighted by Crippen LogP contribution is 2.23. The largest absolute Gasteiger partial charge is 0.483 e. The molecule has 1 aromatic heterocycles. The molecule has 0 bridgehead atoms. The van der Waals surface area contributed by atoms with E-state index in [9.17, 15) is 23.1 Å². The van der Waals surface area contributed by atoms with Gasteiger partial charge in [-0.25, -0.2) is 13.1 Å². The summed E-state index contributed by atoms with van der Waals surface area (Å²) in [6.45, 7) is 8.78. The van der Waals surface area contributed by atoms with Crippen LogP contribution in [0.25, 0.3) is 5.69 Å². The van der Waals surface area contributed by atoms with Crippen molar-refractivity contribution in [3.63, 3.8) is 0 Å². The van der Waals surface area contributed by atoms with Gasteiger partial charge >= 0.3 is 0 Å². The van der Waals surface area contributed by atoms with E-state index in [4.69, 9.17) is 4.74 Å². The summed E-state index contributed by atoms with van der Waals surface area (Å²) in [5.41, 5.74) is 4.75. The number of hydrogen-bond acceptors (Lipinski definition) is 7. The van der Waals surface area contributed by atoms with Gasteiger partial charge < -0.3 is 20.5 Å². The Morgan fingerprint density at radius 3 is 1.93 bits per heavy atom. The van der Waals surface area contributed by atoms with Crippen LogP contribution in [0.1, 0.15) is 48.2 Å². The van der Waals surface area contributed by atoms with E-state index in [-0.39, 0.29) is 17.9 Å². The Kier molecular flexibility index (Phi) is 14.0. The van der Waals surface area contributed by atoms with E-state index in [1.54, 1.807) is 20.8 Å². The van der Waals surface area contributed by atoms with E-state index >= 15 is 0 Å². The fourth-order valence-electron chi connectivity index (χ4n) is 6.61. The van der Waals surface area contributed by atoms with Crippen molar-refractivity contribution in [2.45, 2.75) is 83.0 Å². The second-order valence-corrected chi connectivity index (χ2v) is 15.9. The van der Waals surface area contributed by atoms with Gasteiger partial charge in [-0.1, -0.05) is 111 Å². The third kappa shape index (κ3) is 11.1. The lowest BCUT2D eigenvalue weighted by Crippen LogP contribution is -2.54. The number of hydrogen-bond donors (Lipinski definition) is 4. The summed E-state index contributed by atoms with van der Waals surface area (Å²) in [7, 11) is -4.18. The number of para-hydroxylation sites is 2. The fraction of sp³-hybridized carbons (Fsp3) is 0.326. The summed E-state index contributed by atoms with van der Waals surface area (Å²) in [6.07, 6.45) is 0.929. The third-order valence-electron chi connectivity index (χ3n) is 9.55. The number of aromatic nitrogens is 2. The highest BCUT2D eigenvalue weighted by Gasteiger charge is 2.33. The predicted octanol–water partition coefficient (Wildman–Crippen LogP) is 5.39. The van der Waals surface area contributed by atoms with Crippen LogP contribution in [0.15, 0.2) is 120 Å². The van der Waals surface area contributed by atoms with Crippen LogP contribution in [0, 0.1) is 26.7 Å². The summed E-state index contributed by atoms with van der Waals surface area (Å²) in [6, 6.07) is 31.5. The molecule has 4 aromatic carbocycles. The maximum absolute atomic E-state index is 14.1. The van der Waals surface area contributed by atoms with E-state index < -0.39 is 52.0 Å². The van der Waals surface area contributed by atoms with Gasteiger partial charge in [0, 0.05) is 6.04 Å². The minimum absolute atomic E-state index is 0.0351. The zero-order chi connectivity index (χ0) is 39.5. The van der Waals surface area contributed by atoms with Crippen LogP contribution in [0.3, 0.4) is 0 Å². The van der Waals surface area contributed by atoms with Crippen LogP contribution in [0.5, 0.6) is 5.75 Å². The Bertz CT molecular complexity index is 2100. The summed E-state index contributed by atoms with van der Waals surface area (Å²) in [5, 5.41) is 22.2. The SMILES string of the molecule is Cc1cccc(C)c1OCC(=O)N[C@@H](Cc1ccccc1)[C@@H](O)C[C@H](Cc1ccccc1)NC(=O)[C@@H](NS(=O)(=O)c1cnn(-c2ccccc2)c1C)C(C)C. The zero-order valence-electron chi connectivity index (χ0n) is 32.0. The molecule has 0 saturated carbocycles. The number of sulfonamides is 1. The minimum atomic E-state index is -4.18. The van der Waals surface area contributed by atoms with E-state index in [2.05, 4.69) is 20.5 Å². The standard InChI is InChI=1S/C43H51N5O6S/c1-29(2)41(47-55(52,53)39-27-44-48(32(39)5)36-22-13-8-14-23-36)43(51)45-35(24-33-18-9-6-10-19-33)26-38(49)37(25-34-20-11-7-12-21-34)46-40(50)28-54-42-30(3)16-15-17-31(42)4/h6-23,27,29,35,37-38,41,47,49H,24-26,28H2,1-5H3,(H,45,51)(H,46,50)/t35-,37-,38-,41-/m0/s1. The average molecular weight is 766 g/mol. The van der Waals surface area contributed by atoms with Gasteiger partial charge in [-0.3, -0.25) is 9.59 Å². The van der Waals surface area contributed by atoms with Crippen LogP contribution in [-0.2, 0) is 32.5 Å². The molecule has 5 aromatic rings. The summed E-state index contributed by atoms with van der Waals surface area (Å²) in [5.74, 6) is -0.723. The van der Waals surface area contributed by atoms with Crippen LogP contribution in [-0.4, -0.2) is 66.0 Å². The molecule has 0 aliphatic rings. The molecule has 1 heterocycles. The number of aliphatic hydroxyl groups is 1. The smallest absolute Gasteiger partial charge is 0.258 e. The van der Waals surface area contributed by atoms with Gasteiger partial charge in [0.2, 0.25) is 15.9 Å². The second kappa shape index (κ2) is 18.8. The number of carbonyl (C=O) groups is 2. The summed E-state index contributed by atoms with van der Waals surface area (Å²) >= 11 is 0. The first-order chi connectivity index (χ1) is 26.3. The predicted molar refractivity (Wildman–Crippen MR) is 213 cm³/mol. The molecule has 0 aliphatic heterocycles. The Hall–Kier alpha value is -5.30. The van der Waals surface area contributed by atoms with Gasteiger partial charge in [0.25, 0.3) is 5.91 Å². The van der Waals surface area contributed by atoms with E-state index in [0.29, 0.717) is 30.0 Å². The minimum Gasteiger partial charge on any atom is -0.483 e. The molecule has 11 nitrogen and oxygen atoms in total. The molecule has 12 heteroatoms. The van der Waals surface area contributed by atoms with Crippen molar-refractivity contribution >= 4 is 21.8 Å². The topological polar surface area (TPSA) is 152 Å². The van der Waals surface area contributed by atoms with Gasteiger partial charge in [0.1, 0.15) is 16.7 Å². The maximum atomic E-state index is 14.1. The van der Waals surface area contributed by atoms with Gasteiger partial charge in [-0.05, 0) is 80.3 Å². The lowest BCUT2D eigenvalue weighted by Gasteiger charge is -2.30. The first-order valence-electron chi connectivity index (χ1n) is 18.5. The van der Waals surface area contributed by atoms with Crippen LogP contribution < -0.4 is 20.1 Å². The first kappa shape index (κ1) is 40.9. The highest BCUT2D eigenvalue weighted by molar-refractivity contribution is 7.89. The Morgan fingerprint density at radius 1 is 0.782 bits per heavy atom. The summed E-state index contributed by atoms with van der Waals surface area (Å²) < 4.78 is 37.6. The van der Waals surface area contributed by atoms with Crippen molar-refractivity contribution in [2.75, 3.05) is 6.61 Å². The average Bonchev–Trinajstić information content (AvgIpc) is 3.56. The molecule has 4 atom stereocenters. The molecule has 5 rings (SSSR count). The van der Waals surface area contributed by atoms with Crippen LogP contribution in [0.4, 0.5) is 0 Å². The fourth-order valence-corrected chi connectivity index (χ4v) is 8.12. The quantitative estimate of drug-likeness (QED) is 0.0935. The van der Waals surface area contributed by atoms with E-state index in [1.165, 1.54) is 10.9 Å². The van der Waals surface area contributed by atoms with Crippen LogP contribution in [0.2, 0.25) is 0 Å². The molecular weight excluding hydrogens is 715 g/mol. The number of benzene rings is 4. The van der Waals surface area contributed by atoms with Crippen molar-refractivity contribution in [1.82, 2.24) is 25.1 Å². The molecule has 290 valence electrons. The number of nitrogens with zero attached hydrogens (tertiary/aromatic N) is 2. The number of carbonyl (C=O) groups excluding carboxylic acids is 2. The zero-order valence-corrected chi connectivity index (χ0v) is 32.8. The van der Waals surface area contributed by atoms with Gasteiger partial charge in [0.05, 0.1) is 29.7 Å². The van der Waals surface area contributed by atoms with E-state index in [1.807, 2.05) is 123 Å². The molecule has 0 radical (unpaired) electrons. The van der Waals surface area contributed by atoms with Crippen molar-refractivity contribution in [2.24, 2.45) is 5.92 Å². The second-order valence-electron chi connectivity index (χ2n) is 14.3. The molecule has 0 spiro atoms. The monoisotopic (exact) mass is 765 g/mol.